The van der Waals surface area contributed by atoms with Gasteiger partial charge >= 0.3 is 11.9 Å². The molecule has 0 aromatic heterocycles. The normalized spacial score (nSPS) is 11.3. The van der Waals surface area contributed by atoms with Crippen LogP contribution in [0.2, 0.25) is 0 Å². The minimum absolute atomic E-state index is 0.0125. The van der Waals surface area contributed by atoms with Gasteiger partial charge in [0, 0.05) is 0 Å². The molecule has 0 bridgehead atoms. The van der Waals surface area contributed by atoms with Gasteiger partial charge < -0.3 is 15.9 Å². The lowest BCUT2D eigenvalue weighted by molar-refractivity contribution is -0.157. The van der Waals surface area contributed by atoms with Crippen molar-refractivity contribution < 1.29 is 19.8 Å². The van der Waals surface area contributed by atoms with Crippen molar-refractivity contribution in [2.75, 3.05) is 0 Å². The molecule has 15 heavy (non-hydrogen) atoms. The number of carbonyl (C=O) groups is 2. The lowest BCUT2D eigenvalue weighted by atomic mass is 9.93. The number of hydrogen-bond acceptors (Lipinski definition) is 3. The van der Waals surface area contributed by atoms with Crippen molar-refractivity contribution in [3.63, 3.8) is 0 Å². The minimum Gasteiger partial charge on any atom is -0.479 e. The zero-order valence-electron chi connectivity index (χ0n) is 9.03. The molecular weight excluding hydrogens is 198 g/mol. The first-order valence-corrected chi connectivity index (χ1v) is 5.20. The van der Waals surface area contributed by atoms with E-state index in [1.807, 2.05) is 0 Å². The highest BCUT2D eigenvalue weighted by Gasteiger charge is 2.41. The van der Waals surface area contributed by atoms with Crippen LogP contribution in [0.1, 0.15) is 45.4 Å². The first-order chi connectivity index (χ1) is 6.95. The Morgan fingerprint density at radius 2 is 1.53 bits per heavy atom. The number of hydrogen-bond donors (Lipinski definition) is 3. The molecule has 0 spiro atoms. The minimum atomic E-state index is -2.12. The van der Waals surface area contributed by atoms with E-state index >= 15 is 0 Å². The number of unbranched alkanes of at least 4 members (excludes halogenated alkanes) is 4. The zero-order chi connectivity index (χ0) is 11.9. The molecule has 4 N–H and O–H groups in total. The summed E-state index contributed by atoms with van der Waals surface area (Å²) in [7, 11) is 0. The molecule has 0 rings (SSSR count). The molecule has 0 atom stereocenters. The average molecular weight is 217 g/mol. The molecule has 0 aromatic carbocycles. The molecule has 0 fully saturated rings. The summed E-state index contributed by atoms with van der Waals surface area (Å²) in [5, 5.41) is 17.4. The largest absolute Gasteiger partial charge is 0.479 e. The fourth-order valence-electron chi connectivity index (χ4n) is 1.31. The molecule has 0 unspecified atom stereocenters. The van der Waals surface area contributed by atoms with Gasteiger partial charge in [-0.3, -0.25) is 0 Å². The van der Waals surface area contributed by atoms with Gasteiger partial charge in [-0.25, -0.2) is 9.59 Å². The van der Waals surface area contributed by atoms with Gasteiger partial charge in [-0.1, -0.05) is 39.0 Å². The number of rotatable bonds is 8. The second-order valence-corrected chi connectivity index (χ2v) is 3.75. The summed E-state index contributed by atoms with van der Waals surface area (Å²) in [6, 6.07) is 0. The molecule has 5 heteroatoms. The molecule has 5 nitrogen and oxygen atoms in total. The number of nitrogens with two attached hydrogens (primary N) is 1. The van der Waals surface area contributed by atoms with Crippen molar-refractivity contribution in [2.24, 2.45) is 5.73 Å². The SMILES string of the molecule is CCCCCCCC(N)(C(=O)O)C(=O)O. The molecule has 0 saturated heterocycles. The van der Waals surface area contributed by atoms with Gasteiger partial charge in [-0.15, -0.1) is 0 Å². The van der Waals surface area contributed by atoms with Gasteiger partial charge in [0.25, 0.3) is 0 Å². The van der Waals surface area contributed by atoms with Crippen molar-refractivity contribution in [1.29, 1.82) is 0 Å². The van der Waals surface area contributed by atoms with Crippen LogP contribution >= 0.6 is 0 Å². The molecule has 88 valence electrons. The third-order valence-electron chi connectivity index (χ3n) is 2.44. The lowest BCUT2D eigenvalue weighted by Crippen LogP contribution is -2.54. The van der Waals surface area contributed by atoms with Crippen LogP contribution in [0.25, 0.3) is 0 Å². The fraction of sp³-hybridized carbons (Fsp3) is 0.800. The van der Waals surface area contributed by atoms with E-state index in [1.54, 1.807) is 0 Å². The molecule has 0 aromatic rings. The predicted molar refractivity (Wildman–Crippen MR) is 55.6 cm³/mol. The van der Waals surface area contributed by atoms with E-state index in [0.29, 0.717) is 6.42 Å². The van der Waals surface area contributed by atoms with Gasteiger partial charge in [0.15, 0.2) is 0 Å². The third-order valence-corrected chi connectivity index (χ3v) is 2.44. The molecular formula is C10H19NO4. The van der Waals surface area contributed by atoms with Crippen molar-refractivity contribution >= 4 is 11.9 Å². The van der Waals surface area contributed by atoms with Crippen molar-refractivity contribution in [3.05, 3.63) is 0 Å². The second kappa shape index (κ2) is 6.40. The van der Waals surface area contributed by atoms with E-state index in [0.717, 1.165) is 25.7 Å². The Morgan fingerprint density at radius 1 is 1.07 bits per heavy atom. The van der Waals surface area contributed by atoms with Crippen LogP contribution < -0.4 is 5.73 Å². The number of carboxylic acid groups (broad SMARTS) is 2. The Balaban J connectivity index is 3.99. The van der Waals surface area contributed by atoms with Crippen LogP contribution in [0, 0.1) is 0 Å². The smallest absolute Gasteiger partial charge is 0.335 e. The molecule has 0 amide bonds. The highest BCUT2D eigenvalue weighted by molar-refractivity contribution is 6.02. The second-order valence-electron chi connectivity index (χ2n) is 3.75. The van der Waals surface area contributed by atoms with Crippen molar-refractivity contribution in [3.8, 4) is 0 Å². The summed E-state index contributed by atoms with van der Waals surface area (Å²) in [5.74, 6) is -2.93. The Bertz CT molecular complexity index is 213. The van der Waals surface area contributed by atoms with Gasteiger partial charge in [0.1, 0.15) is 0 Å². The zero-order valence-corrected chi connectivity index (χ0v) is 9.03. The quantitative estimate of drug-likeness (QED) is 0.419. The maximum atomic E-state index is 10.7. The molecule has 0 radical (unpaired) electrons. The Morgan fingerprint density at radius 3 is 1.93 bits per heavy atom. The van der Waals surface area contributed by atoms with E-state index in [9.17, 15) is 9.59 Å². The van der Waals surface area contributed by atoms with E-state index in [1.165, 1.54) is 0 Å². The molecule has 0 aliphatic heterocycles. The number of aliphatic carboxylic acids is 2. The average Bonchev–Trinajstić information content (AvgIpc) is 2.16. The lowest BCUT2D eigenvalue weighted by Gasteiger charge is -2.19. The standard InChI is InChI=1S/C10H19NO4/c1-2-3-4-5-6-7-10(11,8(12)13)9(14)15/h2-7,11H2,1H3,(H,12,13)(H,14,15). The van der Waals surface area contributed by atoms with Gasteiger partial charge in [0.2, 0.25) is 5.54 Å². The van der Waals surface area contributed by atoms with E-state index in [2.05, 4.69) is 6.92 Å². The maximum absolute atomic E-state index is 10.7. The summed E-state index contributed by atoms with van der Waals surface area (Å²) in [4.78, 5) is 21.4. The van der Waals surface area contributed by atoms with Crippen LogP contribution in [0.4, 0.5) is 0 Å². The molecule has 0 heterocycles. The van der Waals surface area contributed by atoms with E-state index in [-0.39, 0.29) is 6.42 Å². The Labute approximate surface area is 89.3 Å². The topological polar surface area (TPSA) is 101 Å². The predicted octanol–water partition coefficient (Wildman–Crippen LogP) is 1.21. The summed E-state index contributed by atoms with van der Waals surface area (Å²) < 4.78 is 0. The summed E-state index contributed by atoms with van der Waals surface area (Å²) in [5.41, 5.74) is 3.18. The van der Waals surface area contributed by atoms with E-state index in [4.69, 9.17) is 15.9 Å². The molecule has 0 aliphatic rings. The van der Waals surface area contributed by atoms with Gasteiger partial charge in [0.05, 0.1) is 0 Å². The number of carboxylic acids is 2. The van der Waals surface area contributed by atoms with Crippen LogP contribution in [0.3, 0.4) is 0 Å². The van der Waals surface area contributed by atoms with Gasteiger partial charge in [-0.05, 0) is 6.42 Å². The van der Waals surface area contributed by atoms with Gasteiger partial charge in [-0.2, -0.15) is 0 Å². The molecule has 0 aliphatic carbocycles. The summed E-state index contributed by atoms with van der Waals surface area (Å²) in [6.07, 6.45) is 4.51. The molecule has 0 saturated carbocycles. The van der Waals surface area contributed by atoms with Crippen LogP contribution in [0.15, 0.2) is 0 Å². The first kappa shape index (κ1) is 13.9. The monoisotopic (exact) mass is 217 g/mol. The highest BCUT2D eigenvalue weighted by atomic mass is 16.4. The van der Waals surface area contributed by atoms with Crippen LogP contribution in [-0.4, -0.2) is 27.7 Å². The Kier molecular flexibility index (Phi) is 5.93. The third kappa shape index (κ3) is 4.29. The highest BCUT2D eigenvalue weighted by Crippen LogP contribution is 2.14. The Hall–Kier alpha value is -1.10. The van der Waals surface area contributed by atoms with Crippen LogP contribution in [-0.2, 0) is 9.59 Å². The first-order valence-electron chi connectivity index (χ1n) is 5.20. The van der Waals surface area contributed by atoms with Crippen molar-refractivity contribution in [2.45, 2.75) is 51.0 Å². The van der Waals surface area contributed by atoms with Crippen LogP contribution in [0.5, 0.6) is 0 Å². The maximum Gasteiger partial charge on any atom is 0.335 e. The van der Waals surface area contributed by atoms with Crippen molar-refractivity contribution in [1.82, 2.24) is 0 Å². The summed E-state index contributed by atoms with van der Waals surface area (Å²) in [6.45, 7) is 2.07. The van der Waals surface area contributed by atoms with E-state index < -0.39 is 17.5 Å². The summed E-state index contributed by atoms with van der Waals surface area (Å²) >= 11 is 0. The fourth-order valence-corrected chi connectivity index (χ4v) is 1.31.